The van der Waals surface area contributed by atoms with Crippen LogP contribution in [0, 0.1) is 5.92 Å². The monoisotopic (exact) mass is 260 g/mol. The lowest BCUT2D eigenvalue weighted by molar-refractivity contribution is 0.190. The van der Waals surface area contributed by atoms with Crippen LogP contribution in [-0.2, 0) is 6.42 Å². The molecule has 0 spiro atoms. The summed E-state index contributed by atoms with van der Waals surface area (Å²) in [7, 11) is 1.73. The molecule has 1 atom stereocenters. The van der Waals surface area contributed by atoms with Crippen LogP contribution in [0.25, 0.3) is 0 Å². The Morgan fingerprint density at radius 2 is 2.26 bits per heavy atom. The quantitative estimate of drug-likeness (QED) is 0.875. The molecule has 3 heteroatoms. The van der Waals surface area contributed by atoms with Gasteiger partial charge in [-0.1, -0.05) is 12.1 Å². The zero-order valence-electron chi connectivity index (χ0n) is 11.8. The lowest BCUT2D eigenvalue weighted by Gasteiger charge is -2.33. The second kappa shape index (κ2) is 5.93. The normalized spacial score (nSPS) is 24.4. The SMILES string of the molecule is COc1cccc(CCN2CCNC(C3CC3)C2)c1. The molecule has 3 rings (SSSR count). The van der Waals surface area contributed by atoms with Crippen molar-refractivity contribution in [2.75, 3.05) is 33.3 Å². The van der Waals surface area contributed by atoms with Crippen molar-refractivity contribution in [3.8, 4) is 5.75 Å². The lowest BCUT2D eigenvalue weighted by Crippen LogP contribution is -2.52. The topological polar surface area (TPSA) is 24.5 Å². The Morgan fingerprint density at radius 3 is 3.05 bits per heavy atom. The Kier molecular flexibility index (Phi) is 4.04. The Morgan fingerprint density at radius 1 is 1.37 bits per heavy atom. The van der Waals surface area contributed by atoms with E-state index in [1.54, 1.807) is 7.11 Å². The number of nitrogens with one attached hydrogen (secondary N) is 1. The highest BCUT2D eigenvalue weighted by molar-refractivity contribution is 5.28. The molecule has 1 N–H and O–H groups in total. The van der Waals surface area contributed by atoms with E-state index in [4.69, 9.17) is 4.74 Å². The van der Waals surface area contributed by atoms with Gasteiger partial charge in [-0.05, 0) is 42.9 Å². The van der Waals surface area contributed by atoms with E-state index in [1.807, 2.05) is 6.07 Å². The van der Waals surface area contributed by atoms with Gasteiger partial charge in [0, 0.05) is 32.2 Å². The van der Waals surface area contributed by atoms with Gasteiger partial charge < -0.3 is 15.0 Å². The highest BCUT2D eigenvalue weighted by Crippen LogP contribution is 2.33. The van der Waals surface area contributed by atoms with Gasteiger partial charge in [0.2, 0.25) is 0 Å². The maximum Gasteiger partial charge on any atom is 0.119 e. The number of hydrogen-bond acceptors (Lipinski definition) is 3. The summed E-state index contributed by atoms with van der Waals surface area (Å²) >= 11 is 0. The fourth-order valence-electron chi connectivity index (χ4n) is 2.97. The first-order valence-corrected chi connectivity index (χ1v) is 7.44. The second-order valence-electron chi connectivity index (χ2n) is 5.80. The maximum atomic E-state index is 5.28. The van der Waals surface area contributed by atoms with Crippen LogP contribution in [0.2, 0.25) is 0 Å². The minimum Gasteiger partial charge on any atom is -0.497 e. The van der Waals surface area contributed by atoms with E-state index in [-0.39, 0.29) is 0 Å². The van der Waals surface area contributed by atoms with Crippen LogP contribution in [0.5, 0.6) is 5.75 Å². The van der Waals surface area contributed by atoms with Crippen LogP contribution >= 0.6 is 0 Å². The van der Waals surface area contributed by atoms with Gasteiger partial charge in [0.15, 0.2) is 0 Å². The van der Waals surface area contributed by atoms with Gasteiger partial charge >= 0.3 is 0 Å². The Balaban J connectivity index is 1.50. The molecule has 104 valence electrons. The molecule has 19 heavy (non-hydrogen) atoms. The highest BCUT2D eigenvalue weighted by Gasteiger charge is 2.33. The van der Waals surface area contributed by atoms with Gasteiger partial charge in [0.25, 0.3) is 0 Å². The summed E-state index contributed by atoms with van der Waals surface area (Å²) in [4.78, 5) is 2.61. The van der Waals surface area contributed by atoms with Gasteiger partial charge in [-0.2, -0.15) is 0 Å². The third-order valence-electron chi connectivity index (χ3n) is 4.33. The molecule has 1 aromatic rings. The van der Waals surface area contributed by atoms with Gasteiger partial charge in [0.05, 0.1) is 7.11 Å². The third kappa shape index (κ3) is 3.48. The number of ether oxygens (including phenoxy) is 1. The van der Waals surface area contributed by atoms with Crippen molar-refractivity contribution < 1.29 is 4.74 Å². The van der Waals surface area contributed by atoms with Crippen LogP contribution < -0.4 is 10.1 Å². The molecule has 2 fully saturated rings. The lowest BCUT2D eigenvalue weighted by atomic mass is 10.1. The van der Waals surface area contributed by atoms with E-state index < -0.39 is 0 Å². The molecule has 1 aliphatic heterocycles. The Bertz CT molecular complexity index is 417. The number of methoxy groups -OCH3 is 1. The summed E-state index contributed by atoms with van der Waals surface area (Å²) in [5.74, 6) is 1.92. The van der Waals surface area contributed by atoms with Crippen molar-refractivity contribution >= 4 is 0 Å². The number of nitrogens with zero attached hydrogens (tertiary/aromatic N) is 1. The van der Waals surface area contributed by atoms with Crippen molar-refractivity contribution in [3.63, 3.8) is 0 Å². The van der Waals surface area contributed by atoms with E-state index >= 15 is 0 Å². The van der Waals surface area contributed by atoms with Crippen LogP contribution in [-0.4, -0.2) is 44.2 Å². The van der Waals surface area contributed by atoms with E-state index in [1.165, 1.54) is 31.5 Å². The Hall–Kier alpha value is -1.06. The molecule has 2 aliphatic rings. The van der Waals surface area contributed by atoms with Crippen molar-refractivity contribution in [1.29, 1.82) is 0 Å². The molecule has 0 amide bonds. The van der Waals surface area contributed by atoms with Gasteiger partial charge in [0.1, 0.15) is 5.75 Å². The molecule has 0 radical (unpaired) electrons. The first-order chi connectivity index (χ1) is 9.35. The molecule has 1 aromatic carbocycles. The van der Waals surface area contributed by atoms with E-state index in [9.17, 15) is 0 Å². The minimum atomic E-state index is 0.749. The van der Waals surface area contributed by atoms with E-state index in [2.05, 4.69) is 28.4 Å². The number of hydrogen-bond donors (Lipinski definition) is 1. The zero-order valence-corrected chi connectivity index (χ0v) is 11.8. The summed E-state index contributed by atoms with van der Waals surface area (Å²) < 4.78 is 5.28. The molecule has 1 unspecified atom stereocenters. The maximum absolute atomic E-state index is 5.28. The van der Waals surface area contributed by atoms with Crippen LogP contribution in [0.3, 0.4) is 0 Å². The van der Waals surface area contributed by atoms with Crippen LogP contribution in [0.4, 0.5) is 0 Å². The molecular weight excluding hydrogens is 236 g/mol. The summed E-state index contributed by atoms with van der Waals surface area (Å²) in [6.07, 6.45) is 3.98. The number of piperazine rings is 1. The fraction of sp³-hybridized carbons (Fsp3) is 0.625. The van der Waals surface area contributed by atoms with Gasteiger partial charge in [-0.15, -0.1) is 0 Å². The predicted octanol–water partition coefficient (Wildman–Crippen LogP) is 1.92. The number of benzene rings is 1. The number of rotatable bonds is 5. The summed E-state index contributed by atoms with van der Waals surface area (Å²) in [5.41, 5.74) is 1.38. The second-order valence-corrected chi connectivity index (χ2v) is 5.80. The fourth-order valence-corrected chi connectivity index (χ4v) is 2.97. The molecule has 1 heterocycles. The standard InChI is InChI=1S/C16H24N2O/c1-19-15-4-2-3-13(11-15)7-9-18-10-8-17-16(12-18)14-5-6-14/h2-4,11,14,16-17H,5-10,12H2,1H3. The molecular formula is C16H24N2O. The molecule has 0 bridgehead atoms. The minimum absolute atomic E-state index is 0.749. The van der Waals surface area contributed by atoms with Crippen LogP contribution in [0.1, 0.15) is 18.4 Å². The first-order valence-electron chi connectivity index (χ1n) is 7.44. The average molecular weight is 260 g/mol. The van der Waals surface area contributed by atoms with E-state index in [0.29, 0.717) is 0 Å². The molecule has 1 saturated carbocycles. The highest BCUT2D eigenvalue weighted by atomic mass is 16.5. The largest absolute Gasteiger partial charge is 0.497 e. The summed E-state index contributed by atoms with van der Waals surface area (Å²) in [6, 6.07) is 9.19. The van der Waals surface area contributed by atoms with Gasteiger partial charge in [-0.3, -0.25) is 0 Å². The smallest absolute Gasteiger partial charge is 0.119 e. The summed E-state index contributed by atoms with van der Waals surface area (Å²) in [6.45, 7) is 4.74. The van der Waals surface area contributed by atoms with Gasteiger partial charge in [-0.25, -0.2) is 0 Å². The zero-order chi connectivity index (χ0) is 13.1. The van der Waals surface area contributed by atoms with Crippen molar-refractivity contribution in [3.05, 3.63) is 29.8 Å². The molecule has 3 nitrogen and oxygen atoms in total. The van der Waals surface area contributed by atoms with E-state index in [0.717, 1.165) is 37.2 Å². The Labute approximate surface area is 115 Å². The molecule has 0 aromatic heterocycles. The molecule has 1 aliphatic carbocycles. The average Bonchev–Trinajstić information content (AvgIpc) is 3.30. The third-order valence-corrected chi connectivity index (χ3v) is 4.33. The molecule has 1 saturated heterocycles. The van der Waals surface area contributed by atoms with Crippen LogP contribution in [0.15, 0.2) is 24.3 Å². The van der Waals surface area contributed by atoms with Crippen molar-refractivity contribution in [1.82, 2.24) is 10.2 Å². The predicted molar refractivity (Wildman–Crippen MR) is 77.7 cm³/mol. The summed E-state index contributed by atoms with van der Waals surface area (Å²) in [5, 5.41) is 3.67. The van der Waals surface area contributed by atoms with Crippen molar-refractivity contribution in [2.45, 2.75) is 25.3 Å². The van der Waals surface area contributed by atoms with Crippen molar-refractivity contribution in [2.24, 2.45) is 5.92 Å². The first kappa shape index (κ1) is 12.9.